The first-order chi connectivity index (χ1) is 3.93. The van der Waals surface area contributed by atoms with Crippen molar-refractivity contribution in [1.29, 1.82) is 0 Å². The van der Waals surface area contributed by atoms with E-state index >= 15 is 0 Å². The lowest BCUT2D eigenvalue weighted by molar-refractivity contribution is 0.627. The Balaban J connectivity index is 2.11. The second-order valence-electron chi connectivity index (χ2n) is 1.96. The minimum atomic E-state index is 0.988. The Bertz CT molecular complexity index is 90.7. The predicted molar refractivity (Wildman–Crippen MR) is 34.6 cm³/mol. The van der Waals surface area contributed by atoms with Crippen LogP contribution in [-0.2, 0) is 0 Å². The van der Waals surface area contributed by atoms with Crippen molar-refractivity contribution < 1.29 is 0 Å². The van der Waals surface area contributed by atoms with E-state index in [0.717, 1.165) is 13.1 Å². The minimum Gasteiger partial charge on any atom is -0.388 e. The molecule has 1 aliphatic heterocycles. The van der Waals surface area contributed by atoms with Crippen LogP contribution >= 0.6 is 0 Å². The number of hydrogen-bond donors (Lipinski definition) is 2. The molecule has 0 aromatic rings. The molecule has 0 radical (unpaired) electrons. The van der Waals surface area contributed by atoms with Gasteiger partial charge in [0.1, 0.15) is 0 Å². The van der Waals surface area contributed by atoms with Gasteiger partial charge in [-0.25, -0.2) is 0 Å². The van der Waals surface area contributed by atoms with Crippen molar-refractivity contribution in [2.24, 2.45) is 0 Å². The van der Waals surface area contributed by atoms with Crippen LogP contribution in [-0.4, -0.2) is 20.1 Å². The summed E-state index contributed by atoms with van der Waals surface area (Å²) in [5, 5.41) is 6.25. The summed E-state index contributed by atoms with van der Waals surface area (Å²) in [4.78, 5) is 0. The first-order valence-electron chi connectivity index (χ1n) is 3.01. The lowest BCUT2D eigenvalue weighted by Gasteiger charge is -2.19. The number of likely N-dealkylation sites (N-methyl/N-ethyl adjacent to an activating group) is 1. The van der Waals surface area contributed by atoms with Crippen LogP contribution in [0.25, 0.3) is 0 Å². The van der Waals surface area contributed by atoms with Gasteiger partial charge < -0.3 is 10.6 Å². The summed E-state index contributed by atoms with van der Waals surface area (Å²) < 4.78 is 0. The standard InChI is InChI=1S/C6H12N2/c1-7-4-2-6-3-5-8-6/h2,7-8H,3-5H2,1H3/b6-2-. The Labute approximate surface area is 50.0 Å². The fraction of sp³-hybridized carbons (Fsp3) is 0.667. The van der Waals surface area contributed by atoms with Crippen molar-refractivity contribution in [3.05, 3.63) is 11.8 Å². The van der Waals surface area contributed by atoms with Crippen LogP contribution in [0.1, 0.15) is 6.42 Å². The van der Waals surface area contributed by atoms with E-state index in [-0.39, 0.29) is 0 Å². The molecule has 0 bridgehead atoms. The maximum Gasteiger partial charge on any atom is 0.0198 e. The number of rotatable bonds is 2. The van der Waals surface area contributed by atoms with E-state index < -0.39 is 0 Å². The second kappa shape index (κ2) is 2.72. The molecular formula is C6H12N2. The normalized spacial score (nSPS) is 22.4. The van der Waals surface area contributed by atoms with E-state index in [0.29, 0.717) is 0 Å². The van der Waals surface area contributed by atoms with Gasteiger partial charge in [0.05, 0.1) is 0 Å². The highest BCUT2D eigenvalue weighted by atomic mass is 14.9. The summed E-state index contributed by atoms with van der Waals surface area (Å²) in [5.41, 5.74) is 1.39. The van der Waals surface area contributed by atoms with Gasteiger partial charge in [0, 0.05) is 25.2 Å². The van der Waals surface area contributed by atoms with Gasteiger partial charge in [0.15, 0.2) is 0 Å². The number of hydrogen-bond acceptors (Lipinski definition) is 2. The smallest absolute Gasteiger partial charge is 0.0198 e. The highest BCUT2D eigenvalue weighted by molar-refractivity contribution is 5.07. The van der Waals surface area contributed by atoms with Crippen molar-refractivity contribution >= 4 is 0 Å². The van der Waals surface area contributed by atoms with Crippen LogP contribution in [0.15, 0.2) is 11.8 Å². The topological polar surface area (TPSA) is 24.1 Å². The molecule has 1 fully saturated rings. The maximum absolute atomic E-state index is 3.20. The molecule has 0 aliphatic carbocycles. The highest BCUT2D eigenvalue weighted by Crippen LogP contribution is 2.03. The zero-order chi connectivity index (χ0) is 5.82. The van der Waals surface area contributed by atoms with Gasteiger partial charge >= 0.3 is 0 Å². The quantitative estimate of drug-likeness (QED) is 0.528. The maximum atomic E-state index is 3.20. The van der Waals surface area contributed by atoms with Gasteiger partial charge in [0.2, 0.25) is 0 Å². The van der Waals surface area contributed by atoms with Crippen LogP contribution in [0, 0.1) is 0 Å². The SMILES string of the molecule is CNC/C=C1/CCN1. The van der Waals surface area contributed by atoms with Gasteiger partial charge in [-0.3, -0.25) is 0 Å². The fourth-order valence-electron chi connectivity index (χ4n) is 0.669. The average Bonchev–Trinajstić information content (AvgIpc) is 1.63. The van der Waals surface area contributed by atoms with E-state index in [1.54, 1.807) is 0 Å². The summed E-state index contributed by atoms with van der Waals surface area (Å²) >= 11 is 0. The van der Waals surface area contributed by atoms with Crippen molar-refractivity contribution in [3.8, 4) is 0 Å². The van der Waals surface area contributed by atoms with Crippen LogP contribution < -0.4 is 10.6 Å². The Morgan fingerprint density at radius 3 is 3.00 bits per heavy atom. The summed E-state index contributed by atoms with van der Waals surface area (Å²) in [5.74, 6) is 0. The molecule has 2 heteroatoms. The molecule has 1 saturated heterocycles. The lowest BCUT2D eigenvalue weighted by Crippen LogP contribution is -2.28. The molecule has 8 heavy (non-hydrogen) atoms. The van der Waals surface area contributed by atoms with Crippen LogP contribution in [0.5, 0.6) is 0 Å². The molecule has 2 N–H and O–H groups in total. The Kier molecular flexibility index (Phi) is 1.92. The van der Waals surface area contributed by atoms with Crippen molar-refractivity contribution in [1.82, 2.24) is 10.6 Å². The predicted octanol–water partition coefficient (Wildman–Crippen LogP) is 0.0830. The molecule has 1 heterocycles. The van der Waals surface area contributed by atoms with E-state index in [1.165, 1.54) is 12.1 Å². The molecule has 0 aromatic heterocycles. The van der Waals surface area contributed by atoms with E-state index in [9.17, 15) is 0 Å². The van der Waals surface area contributed by atoms with Crippen LogP contribution in [0.2, 0.25) is 0 Å². The monoisotopic (exact) mass is 112 g/mol. The number of nitrogens with one attached hydrogen (secondary N) is 2. The highest BCUT2D eigenvalue weighted by Gasteiger charge is 2.03. The molecule has 2 nitrogen and oxygen atoms in total. The van der Waals surface area contributed by atoms with Gasteiger partial charge in [-0.1, -0.05) is 6.08 Å². The first kappa shape index (κ1) is 5.63. The average molecular weight is 112 g/mol. The zero-order valence-corrected chi connectivity index (χ0v) is 5.20. The third-order valence-electron chi connectivity index (χ3n) is 1.30. The Morgan fingerprint density at radius 2 is 2.62 bits per heavy atom. The molecule has 0 amide bonds. The summed E-state index contributed by atoms with van der Waals surface area (Å²) in [7, 11) is 1.95. The molecule has 0 spiro atoms. The van der Waals surface area contributed by atoms with E-state index in [4.69, 9.17) is 0 Å². The molecule has 0 atom stereocenters. The van der Waals surface area contributed by atoms with Crippen LogP contribution in [0.3, 0.4) is 0 Å². The third kappa shape index (κ3) is 1.23. The zero-order valence-electron chi connectivity index (χ0n) is 5.20. The molecular weight excluding hydrogens is 100 g/mol. The van der Waals surface area contributed by atoms with Crippen LogP contribution in [0.4, 0.5) is 0 Å². The summed E-state index contributed by atoms with van der Waals surface area (Å²) in [6.07, 6.45) is 3.42. The summed E-state index contributed by atoms with van der Waals surface area (Å²) in [6, 6.07) is 0. The van der Waals surface area contributed by atoms with Gasteiger partial charge in [-0.05, 0) is 7.05 Å². The second-order valence-corrected chi connectivity index (χ2v) is 1.96. The third-order valence-corrected chi connectivity index (χ3v) is 1.30. The lowest BCUT2D eigenvalue weighted by atomic mass is 10.2. The van der Waals surface area contributed by atoms with E-state index in [1.807, 2.05) is 7.05 Å². The van der Waals surface area contributed by atoms with Crippen molar-refractivity contribution in [3.63, 3.8) is 0 Å². The molecule has 0 saturated carbocycles. The minimum absolute atomic E-state index is 0.988. The molecule has 1 aliphatic rings. The molecule has 0 aromatic carbocycles. The Hall–Kier alpha value is -0.500. The summed E-state index contributed by atoms with van der Waals surface area (Å²) in [6.45, 7) is 2.15. The molecule has 1 rings (SSSR count). The van der Waals surface area contributed by atoms with Gasteiger partial charge in [-0.2, -0.15) is 0 Å². The molecule has 0 unspecified atom stereocenters. The first-order valence-corrected chi connectivity index (χ1v) is 3.01. The largest absolute Gasteiger partial charge is 0.388 e. The Morgan fingerprint density at radius 1 is 1.88 bits per heavy atom. The molecule has 46 valence electrons. The van der Waals surface area contributed by atoms with E-state index in [2.05, 4.69) is 16.7 Å². The van der Waals surface area contributed by atoms with Crippen molar-refractivity contribution in [2.75, 3.05) is 20.1 Å². The van der Waals surface area contributed by atoms with Gasteiger partial charge in [0.25, 0.3) is 0 Å². The fourth-order valence-corrected chi connectivity index (χ4v) is 0.669. The van der Waals surface area contributed by atoms with Crippen molar-refractivity contribution in [2.45, 2.75) is 6.42 Å². The van der Waals surface area contributed by atoms with Gasteiger partial charge in [-0.15, -0.1) is 0 Å².